The van der Waals surface area contributed by atoms with Crippen LogP contribution in [0.15, 0.2) is 53.3 Å². The lowest BCUT2D eigenvalue weighted by atomic mass is 10.0. The smallest absolute Gasteiger partial charge is 0.271 e. The highest BCUT2D eigenvalue weighted by Gasteiger charge is 2.07. The van der Waals surface area contributed by atoms with Crippen LogP contribution < -0.4 is 15.4 Å². The molecule has 0 bridgehead atoms. The number of hydrogen-bond acceptors (Lipinski definition) is 4. The first-order chi connectivity index (χ1) is 10.9. The van der Waals surface area contributed by atoms with Crippen molar-refractivity contribution in [2.24, 2.45) is 5.14 Å². The molecular formula is C15H14N4O3S. The number of aromatic amines is 1. The first-order valence-electron chi connectivity index (χ1n) is 6.78. The van der Waals surface area contributed by atoms with Crippen molar-refractivity contribution >= 4 is 26.7 Å². The Kier molecular flexibility index (Phi) is 3.85. The fraction of sp³-hybridized carbons (Fsp3) is 0.0667. The quantitative estimate of drug-likeness (QED) is 0.664. The maximum absolute atomic E-state index is 11.8. The number of nitrogens with two attached hydrogens (primary N) is 1. The van der Waals surface area contributed by atoms with Gasteiger partial charge < -0.3 is 0 Å². The molecule has 8 heteroatoms. The Labute approximate surface area is 132 Å². The zero-order valence-corrected chi connectivity index (χ0v) is 12.8. The summed E-state index contributed by atoms with van der Waals surface area (Å²) in [6, 6.07) is 14.0. The van der Waals surface area contributed by atoms with Gasteiger partial charge in [-0.15, -0.1) is 0 Å². The van der Waals surface area contributed by atoms with Crippen molar-refractivity contribution in [1.29, 1.82) is 0 Å². The van der Waals surface area contributed by atoms with Crippen LogP contribution in [-0.4, -0.2) is 18.6 Å². The molecular weight excluding hydrogens is 316 g/mol. The molecule has 1 heterocycles. The van der Waals surface area contributed by atoms with Crippen LogP contribution in [0.5, 0.6) is 0 Å². The van der Waals surface area contributed by atoms with Crippen molar-refractivity contribution in [3.05, 3.63) is 70.1 Å². The Morgan fingerprint density at radius 3 is 2.35 bits per heavy atom. The molecule has 1 aromatic heterocycles. The van der Waals surface area contributed by atoms with Crippen molar-refractivity contribution in [3.8, 4) is 0 Å². The van der Waals surface area contributed by atoms with Gasteiger partial charge in [0, 0.05) is 17.5 Å². The minimum atomic E-state index is -3.78. The molecule has 0 amide bonds. The molecule has 0 spiro atoms. The lowest BCUT2D eigenvalue weighted by Crippen LogP contribution is -2.21. The topological polar surface area (TPSA) is 118 Å². The second-order valence-electron chi connectivity index (χ2n) is 5.07. The molecule has 0 unspecified atom stereocenters. The third-order valence-electron chi connectivity index (χ3n) is 3.36. The van der Waals surface area contributed by atoms with Crippen molar-refractivity contribution in [2.75, 3.05) is 4.72 Å². The molecule has 3 rings (SSSR count). The number of nitrogens with zero attached hydrogens (tertiary/aromatic N) is 1. The molecule has 0 aliphatic carbocycles. The molecule has 118 valence electrons. The van der Waals surface area contributed by atoms with Crippen LogP contribution in [0.4, 0.5) is 5.69 Å². The Morgan fingerprint density at radius 2 is 1.70 bits per heavy atom. The number of rotatable bonds is 4. The number of anilines is 1. The Morgan fingerprint density at radius 1 is 1.04 bits per heavy atom. The molecule has 0 radical (unpaired) electrons. The minimum Gasteiger partial charge on any atom is -0.271 e. The SMILES string of the molecule is NS(=O)(=O)Nc1ccc(Cc2n[nH]c(=O)c3ccccc23)cc1. The Hall–Kier alpha value is -2.71. The van der Waals surface area contributed by atoms with Gasteiger partial charge in [-0.25, -0.2) is 10.2 Å². The van der Waals surface area contributed by atoms with E-state index in [0.29, 0.717) is 17.5 Å². The van der Waals surface area contributed by atoms with Crippen molar-refractivity contribution in [3.63, 3.8) is 0 Å². The van der Waals surface area contributed by atoms with E-state index in [0.717, 1.165) is 16.6 Å². The van der Waals surface area contributed by atoms with Crippen molar-refractivity contribution in [1.82, 2.24) is 10.2 Å². The zero-order chi connectivity index (χ0) is 16.4. The Bertz CT molecular complexity index is 1010. The van der Waals surface area contributed by atoms with E-state index < -0.39 is 10.2 Å². The molecule has 3 aromatic rings. The van der Waals surface area contributed by atoms with E-state index in [9.17, 15) is 13.2 Å². The summed E-state index contributed by atoms with van der Waals surface area (Å²) in [6.07, 6.45) is 0.507. The monoisotopic (exact) mass is 330 g/mol. The molecule has 7 nitrogen and oxygen atoms in total. The summed E-state index contributed by atoms with van der Waals surface area (Å²) in [4.78, 5) is 11.8. The van der Waals surface area contributed by atoms with E-state index in [2.05, 4.69) is 14.9 Å². The first kappa shape index (κ1) is 15.2. The lowest BCUT2D eigenvalue weighted by Gasteiger charge is -2.07. The number of hydrogen-bond donors (Lipinski definition) is 3. The molecule has 23 heavy (non-hydrogen) atoms. The highest BCUT2D eigenvalue weighted by molar-refractivity contribution is 7.90. The van der Waals surface area contributed by atoms with Gasteiger partial charge in [-0.3, -0.25) is 9.52 Å². The van der Waals surface area contributed by atoms with Crippen LogP contribution in [0, 0.1) is 0 Å². The number of nitrogens with one attached hydrogen (secondary N) is 2. The summed E-state index contributed by atoms with van der Waals surface area (Å²) in [5.41, 5.74) is 1.83. The number of benzene rings is 2. The highest BCUT2D eigenvalue weighted by Crippen LogP contribution is 2.18. The zero-order valence-electron chi connectivity index (χ0n) is 12.0. The van der Waals surface area contributed by atoms with E-state index in [-0.39, 0.29) is 5.56 Å². The summed E-state index contributed by atoms with van der Waals surface area (Å²) in [7, 11) is -3.78. The predicted molar refractivity (Wildman–Crippen MR) is 88.3 cm³/mol. The van der Waals surface area contributed by atoms with E-state index in [1.807, 2.05) is 12.1 Å². The van der Waals surface area contributed by atoms with Crippen LogP contribution in [0.1, 0.15) is 11.3 Å². The third-order valence-corrected chi connectivity index (χ3v) is 3.88. The first-order valence-corrected chi connectivity index (χ1v) is 8.33. The average Bonchev–Trinajstić information content (AvgIpc) is 2.51. The summed E-state index contributed by atoms with van der Waals surface area (Å²) < 4.78 is 24.2. The summed E-state index contributed by atoms with van der Waals surface area (Å²) >= 11 is 0. The van der Waals surface area contributed by atoms with Gasteiger partial charge in [0.05, 0.1) is 11.1 Å². The van der Waals surface area contributed by atoms with Gasteiger partial charge in [-0.05, 0) is 23.8 Å². The third kappa shape index (κ3) is 3.55. The summed E-state index contributed by atoms with van der Waals surface area (Å²) in [5.74, 6) is 0. The molecule has 0 aliphatic rings. The van der Waals surface area contributed by atoms with Crippen LogP contribution in [0.25, 0.3) is 10.8 Å². The second-order valence-corrected chi connectivity index (χ2v) is 6.36. The largest absolute Gasteiger partial charge is 0.296 e. The summed E-state index contributed by atoms with van der Waals surface area (Å²) in [6.45, 7) is 0. The van der Waals surface area contributed by atoms with Gasteiger partial charge in [-0.2, -0.15) is 13.5 Å². The van der Waals surface area contributed by atoms with Crippen LogP contribution >= 0.6 is 0 Å². The van der Waals surface area contributed by atoms with Gasteiger partial charge in [0.2, 0.25) is 0 Å². The highest BCUT2D eigenvalue weighted by atomic mass is 32.2. The maximum Gasteiger partial charge on any atom is 0.296 e. The summed E-state index contributed by atoms with van der Waals surface area (Å²) in [5, 5.41) is 12.9. The van der Waals surface area contributed by atoms with Gasteiger partial charge >= 0.3 is 0 Å². The fourth-order valence-corrected chi connectivity index (χ4v) is 2.82. The van der Waals surface area contributed by atoms with Gasteiger partial charge in [-0.1, -0.05) is 30.3 Å². The number of fused-ring (bicyclic) bond motifs is 1. The van der Waals surface area contributed by atoms with Crippen molar-refractivity contribution in [2.45, 2.75) is 6.42 Å². The van der Waals surface area contributed by atoms with Gasteiger partial charge in [0.25, 0.3) is 15.8 Å². The normalized spacial score (nSPS) is 11.5. The van der Waals surface area contributed by atoms with E-state index >= 15 is 0 Å². The van der Waals surface area contributed by atoms with Crippen molar-refractivity contribution < 1.29 is 8.42 Å². The standard InChI is InChI=1S/C15H14N4O3S/c16-23(21,22)19-11-7-5-10(6-8-11)9-14-12-3-1-2-4-13(12)15(20)18-17-14/h1-8,19H,9H2,(H,18,20)(H2,16,21,22). The fourth-order valence-electron chi connectivity index (χ4n) is 2.35. The molecule has 0 aliphatic heterocycles. The minimum absolute atomic E-state index is 0.225. The molecule has 2 aromatic carbocycles. The lowest BCUT2D eigenvalue weighted by molar-refractivity contribution is 0.603. The van der Waals surface area contributed by atoms with E-state index in [1.165, 1.54) is 0 Å². The second kappa shape index (κ2) is 5.82. The Balaban J connectivity index is 1.91. The van der Waals surface area contributed by atoms with E-state index in [4.69, 9.17) is 5.14 Å². The number of aromatic nitrogens is 2. The van der Waals surface area contributed by atoms with Gasteiger partial charge in [0.15, 0.2) is 0 Å². The maximum atomic E-state index is 11.8. The molecule has 4 N–H and O–H groups in total. The van der Waals surface area contributed by atoms with Crippen LogP contribution in [0.3, 0.4) is 0 Å². The average molecular weight is 330 g/mol. The molecule has 0 saturated heterocycles. The van der Waals surface area contributed by atoms with E-state index in [1.54, 1.807) is 36.4 Å². The number of H-pyrrole nitrogens is 1. The van der Waals surface area contributed by atoms with Crippen LogP contribution in [-0.2, 0) is 16.6 Å². The van der Waals surface area contributed by atoms with Crippen LogP contribution in [0.2, 0.25) is 0 Å². The molecule has 0 fully saturated rings. The van der Waals surface area contributed by atoms with Gasteiger partial charge in [0.1, 0.15) is 0 Å². The molecule has 0 saturated carbocycles. The predicted octanol–water partition coefficient (Wildman–Crippen LogP) is 1.13. The molecule has 0 atom stereocenters.